The SMILES string of the molecule is CC(COc1ccc(F)cc1)NC(=O)C(C)N1CCCCCC1. The maximum Gasteiger partial charge on any atom is 0.237 e. The molecule has 128 valence electrons. The summed E-state index contributed by atoms with van der Waals surface area (Å²) in [6, 6.07) is 5.69. The number of hydrogen-bond acceptors (Lipinski definition) is 3. The lowest BCUT2D eigenvalue weighted by molar-refractivity contribution is -0.126. The summed E-state index contributed by atoms with van der Waals surface area (Å²) in [5, 5.41) is 3.00. The van der Waals surface area contributed by atoms with Crippen molar-refractivity contribution in [3.63, 3.8) is 0 Å². The molecule has 1 fully saturated rings. The number of amides is 1. The summed E-state index contributed by atoms with van der Waals surface area (Å²) in [7, 11) is 0. The molecule has 1 aliphatic rings. The molecular weight excluding hydrogens is 295 g/mol. The van der Waals surface area contributed by atoms with Crippen LogP contribution in [0.1, 0.15) is 39.5 Å². The molecule has 1 aliphatic heterocycles. The topological polar surface area (TPSA) is 41.6 Å². The highest BCUT2D eigenvalue weighted by molar-refractivity contribution is 5.81. The molecule has 1 N–H and O–H groups in total. The largest absolute Gasteiger partial charge is 0.491 e. The van der Waals surface area contributed by atoms with E-state index in [0.717, 1.165) is 13.1 Å². The predicted molar refractivity (Wildman–Crippen MR) is 89.0 cm³/mol. The monoisotopic (exact) mass is 322 g/mol. The van der Waals surface area contributed by atoms with Gasteiger partial charge in [0.2, 0.25) is 5.91 Å². The lowest BCUT2D eigenvalue weighted by Gasteiger charge is -2.27. The van der Waals surface area contributed by atoms with E-state index in [-0.39, 0.29) is 23.8 Å². The second kappa shape index (κ2) is 8.87. The Morgan fingerprint density at radius 1 is 1.17 bits per heavy atom. The van der Waals surface area contributed by atoms with Gasteiger partial charge in [-0.3, -0.25) is 9.69 Å². The third kappa shape index (κ3) is 5.82. The molecule has 0 saturated carbocycles. The second-order valence-corrected chi connectivity index (χ2v) is 6.30. The highest BCUT2D eigenvalue weighted by atomic mass is 19.1. The van der Waals surface area contributed by atoms with Crippen LogP contribution in [0.5, 0.6) is 5.75 Å². The fraction of sp³-hybridized carbons (Fsp3) is 0.611. The summed E-state index contributed by atoms with van der Waals surface area (Å²) in [4.78, 5) is 14.6. The van der Waals surface area contributed by atoms with Gasteiger partial charge in [-0.15, -0.1) is 0 Å². The van der Waals surface area contributed by atoms with Crippen LogP contribution >= 0.6 is 0 Å². The minimum Gasteiger partial charge on any atom is -0.491 e. The van der Waals surface area contributed by atoms with Crippen LogP contribution in [0.3, 0.4) is 0 Å². The molecule has 1 amide bonds. The van der Waals surface area contributed by atoms with E-state index in [2.05, 4.69) is 10.2 Å². The Labute approximate surface area is 138 Å². The van der Waals surface area contributed by atoms with E-state index < -0.39 is 0 Å². The predicted octanol–water partition coefficient (Wildman–Crippen LogP) is 2.97. The molecule has 1 saturated heterocycles. The molecule has 1 aromatic rings. The molecular formula is C18H27FN2O2. The highest BCUT2D eigenvalue weighted by Gasteiger charge is 2.23. The zero-order chi connectivity index (χ0) is 16.7. The molecule has 0 bridgehead atoms. The van der Waals surface area contributed by atoms with Crippen molar-refractivity contribution in [3.8, 4) is 5.75 Å². The number of hydrogen-bond donors (Lipinski definition) is 1. The van der Waals surface area contributed by atoms with Gasteiger partial charge in [0.15, 0.2) is 0 Å². The zero-order valence-corrected chi connectivity index (χ0v) is 14.1. The molecule has 1 aromatic carbocycles. The van der Waals surface area contributed by atoms with Crippen molar-refractivity contribution in [1.29, 1.82) is 0 Å². The van der Waals surface area contributed by atoms with Crippen LogP contribution in [0.2, 0.25) is 0 Å². The summed E-state index contributed by atoms with van der Waals surface area (Å²) < 4.78 is 18.4. The summed E-state index contributed by atoms with van der Waals surface area (Å²) in [6.07, 6.45) is 4.85. The van der Waals surface area contributed by atoms with Gasteiger partial charge >= 0.3 is 0 Å². The van der Waals surface area contributed by atoms with Crippen LogP contribution in [-0.2, 0) is 4.79 Å². The maximum absolute atomic E-state index is 12.8. The fourth-order valence-electron chi connectivity index (χ4n) is 2.81. The molecule has 0 aliphatic carbocycles. The highest BCUT2D eigenvalue weighted by Crippen LogP contribution is 2.13. The molecule has 5 heteroatoms. The van der Waals surface area contributed by atoms with E-state index in [1.54, 1.807) is 12.1 Å². The quantitative estimate of drug-likeness (QED) is 0.875. The van der Waals surface area contributed by atoms with E-state index in [1.165, 1.54) is 37.8 Å². The van der Waals surface area contributed by atoms with E-state index in [9.17, 15) is 9.18 Å². The van der Waals surface area contributed by atoms with Crippen LogP contribution in [0.15, 0.2) is 24.3 Å². The Kier molecular flexibility index (Phi) is 6.84. The molecule has 2 atom stereocenters. The lowest BCUT2D eigenvalue weighted by atomic mass is 10.2. The Bertz CT molecular complexity index is 484. The van der Waals surface area contributed by atoms with Crippen LogP contribution in [0.25, 0.3) is 0 Å². The average molecular weight is 322 g/mol. The average Bonchev–Trinajstić information content (AvgIpc) is 2.82. The number of rotatable bonds is 6. The fourth-order valence-corrected chi connectivity index (χ4v) is 2.81. The van der Waals surface area contributed by atoms with E-state index in [4.69, 9.17) is 4.74 Å². The third-order valence-electron chi connectivity index (χ3n) is 4.27. The Balaban J connectivity index is 1.75. The Morgan fingerprint density at radius 3 is 2.39 bits per heavy atom. The van der Waals surface area contributed by atoms with Crippen molar-refractivity contribution in [1.82, 2.24) is 10.2 Å². The van der Waals surface area contributed by atoms with Gasteiger partial charge in [-0.05, 0) is 64.0 Å². The number of benzene rings is 1. The van der Waals surface area contributed by atoms with Crippen LogP contribution in [0.4, 0.5) is 4.39 Å². The van der Waals surface area contributed by atoms with Crippen molar-refractivity contribution in [2.75, 3.05) is 19.7 Å². The van der Waals surface area contributed by atoms with Gasteiger partial charge in [0.1, 0.15) is 18.2 Å². The summed E-state index contributed by atoms with van der Waals surface area (Å²) >= 11 is 0. The third-order valence-corrected chi connectivity index (χ3v) is 4.27. The van der Waals surface area contributed by atoms with E-state index in [0.29, 0.717) is 12.4 Å². The van der Waals surface area contributed by atoms with Gasteiger partial charge in [-0.25, -0.2) is 4.39 Å². The van der Waals surface area contributed by atoms with Crippen LogP contribution in [0, 0.1) is 5.82 Å². The van der Waals surface area contributed by atoms with Crippen molar-refractivity contribution in [2.24, 2.45) is 0 Å². The van der Waals surface area contributed by atoms with Gasteiger partial charge in [0.05, 0.1) is 12.1 Å². The first-order chi connectivity index (χ1) is 11.1. The first-order valence-corrected chi connectivity index (χ1v) is 8.49. The molecule has 0 aromatic heterocycles. The molecule has 2 unspecified atom stereocenters. The number of ether oxygens (including phenoxy) is 1. The Hall–Kier alpha value is -1.62. The van der Waals surface area contributed by atoms with Crippen molar-refractivity contribution in [2.45, 2.75) is 51.6 Å². The number of halogens is 1. The number of nitrogens with zero attached hydrogens (tertiary/aromatic N) is 1. The number of nitrogens with one attached hydrogen (secondary N) is 1. The van der Waals surface area contributed by atoms with Crippen LogP contribution in [-0.4, -0.2) is 42.6 Å². The van der Waals surface area contributed by atoms with Gasteiger partial charge in [0, 0.05) is 0 Å². The lowest BCUT2D eigenvalue weighted by Crippen LogP contribution is -2.49. The molecule has 0 spiro atoms. The van der Waals surface area contributed by atoms with Gasteiger partial charge < -0.3 is 10.1 Å². The standard InChI is InChI=1S/C18H27FN2O2/c1-14(13-23-17-9-7-16(19)8-10-17)20-18(22)15(2)21-11-5-3-4-6-12-21/h7-10,14-15H,3-6,11-13H2,1-2H3,(H,20,22). The van der Waals surface area contributed by atoms with E-state index in [1.807, 2.05) is 13.8 Å². The molecule has 1 heterocycles. The van der Waals surface area contributed by atoms with Crippen molar-refractivity contribution < 1.29 is 13.9 Å². The molecule has 0 radical (unpaired) electrons. The van der Waals surface area contributed by atoms with Crippen molar-refractivity contribution in [3.05, 3.63) is 30.1 Å². The van der Waals surface area contributed by atoms with Gasteiger partial charge in [-0.1, -0.05) is 12.8 Å². The molecule has 23 heavy (non-hydrogen) atoms. The van der Waals surface area contributed by atoms with Crippen LogP contribution < -0.4 is 10.1 Å². The maximum atomic E-state index is 12.8. The first kappa shape index (κ1) is 17.7. The number of likely N-dealkylation sites (tertiary alicyclic amines) is 1. The Morgan fingerprint density at radius 2 is 1.78 bits per heavy atom. The molecule has 2 rings (SSSR count). The number of carbonyl (C=O) groups is 1. The summed E-state index contributed by atoms with van der Waals surface area (Å²) in [6.45, 7) is 6.24. The number of carbonyl (C=O) groups excluding carboxylic acids is 1. The molecule has 4 nitrogen and oxygen atoms in total. The normalized spacial score (nSPS) is 18.7. The smallest absolute Gasteiger partial charge is 0.237 e. The van der Waals surface area contributed by atoms with E-state index >= 15 is 0 Å². The van der Waals surface area contributed by atoms with Gasteiger partial charge in [-0.2, -0.15) is 0 Å². The minimum absolute atomic E-state index is 0.0436. The summed E-state index contributed by atoms with van der Waals surface area (Å²) in [5.74, 6) is 0.361. The zero-order valence-electron chi connectivity index (χ0n) is 14.1. The minimum atomic E-state index is -0.287. The second-order valence-electron chi connectivity index (χ2n) is 6.30. The van der Waals surface area contributed by atoms with Crippen molar-refractivity contribution >= 4 is 5.91 Å². The first-order valence-electron chi connectivity index (χ1n) is 8.49. The summed E-state index contributed by atoms with van der Waals surface area (Å²) in [5.41, 5.74) is 0. The van der Waals surface area contributed by atoms with Gasteiger partial charge in [0.25, 0.3) is 0 Å².